The van der Waals surface area contributed by atoms with Crippen molar-refractivity contribution in [3.05, 3.63) is 22.4 Å². The SMILES string of the molecule is Brc1ccc2c(n1)CCCN2.CC. The minimum absolute atomic E-state index is 0.931. The van der Waals surface area contributed by atoms with Gasteiger partial charge in [-0.1, -0.05) is 13.8 Å². The van der Waals surface area contributed by atoms with Crippen LogP contribution in [0.1, 0.15) is 26.0 Å². The van der Waals surface area contributed by atoms with E-state index in [1.54, 1.807) is 0 Å². The number of pyridine rings is 1. The monoisotopic (exact) mass is 242 g/mol. The first-order chi connectivity index (χ1) is 6.36. The van der Waals surface area contributed by atoms with E-state index in [0.717, 1.165) is 17.6 Å². The molecule has 2 rings (SSSR count). The summed E-state index contributed by atoms with van der Waals surface area (Å²) in [6.07, 6.45) is 2.29. The highest BCUT2D eigenvalue weighted by Gasteiger charge is 2.08. The summed E-state index contributed by atoms with van der Waals surface area (Å²) in [6.45, 7) is 5.08. The number of aromatic nitrogens is 1. The molecule has 0 spiro atoms. The minimum Gasteiger partial charge on any atom is -0.384 e. The maximum absolute atomic E-state index is 4.37. The molecular formula is C10H15BrN2. The van der Waals surface area contributed by atoms with Crippen molar-refractivity contribution in [2.75, 3.05) is 11.9 Å². The quantitative estimate of drug-likeness (QED) is 0.707. The summed E-state index contributed by atoms with van der Waals surface area (Å²) in [4.78, 5) is 4.37. The van der Waals surface area contributed by atoms with E-state index in [4.69, 9.17) is 0 Å². The maximum Gasteiger partial charge on any atom is 0.106 e. The summed E-state index contributed by atoms with van der Waals surface area (Å²) in [7, 11) is 0. The lowest BCUT2D eigenvalue weighted by molar-refractivity contribution is 0.799. The third kappa shape index (κ3) is 2.69. The Bertz CT molecular complexity index is 274. The first kappa shape index (κ1) is 10.5. The van der Waals surface area contributed by atoms with Crippen LogP contribution in [0.25, 0.3) is 0 Å². The molecule has 3 heteroatoms. The smallest absolute Gasteiger partial charge is 0.106 e. The molecule has 72 valence electrons. The van der Waals surface area contributed by atoms with Crippen molar-refractivity contribution in [1.29, 1.82) is 0 Å². The largest absolute Gasteiger partial charge is 0.384 e. The third-order valence-electron chi connectivity index (χ3n) is 1.85. The van der Waals surface area contributed by atoms with Crippen LogP contribution in [0.15, 0.2) is 16.7 Å². The van der Waals surface area contributed by atoms with Gasteiger partial charge in [0.2, 0.25) is 0 Å². The number of hydrogen-bond acceptors (Lipinski definition) is 2. The van der Waals surface area contributed by atoms with E-state index in [9.17, 15) is 0 Å². The second kappa shape index (κ2) is 5.22. The van der Waals surface area contributed by atoms with Crippen LogP contribution < -0.4 is 5.32 Å². The molecule has 0 bridgehead atoms. The predicted octanol–water partition coefficient (Wildman–Crippen LogP) is 3.23. The van der Waals surface area contributed by atoms with E-state index >= 15 is 0 Å². The summed E-state index contributed by atoms with van der Waals surface area (Å²) in [6, 6.07) is 4.04. The van der Waals surface area contributed by atoms with E-state index in [1.165, 1.54) is 17.8 Å². The van der Waals surface area contributed by atoms with Gasteiger partial charge in [-0.2, -0.15) is 0 Å². The number of nitrogens with one attached hydrogen (secondary N) is 1. The molecule has 13 heavy (non-hydrogen) atoms. The Labute approximate surface area is 87.9 Å². The van der Waals surface area contributed by atoms with Gasteiger partial charge in [-0.25, -0.2) is 4.98 Å². The fraction of sp³-hybridized carbons (Fsp3) is 0.500. The van der Waals surface area contributed by atoms with Gasteiger partial charge in [0.1, 0.15) is 4.60 Å². The standard InChI is InChI=1S/C8H9BrN2.C2H6/c9-8-4-3-6-7(11-8)2-1-5-10-6;1-2/h3-4,10H,1-2,5H2;1-2H3. The third-order valence-corrected chi connectivity index (χ3v) is 2.29. The van der Waals surface area contributed by atoms with Gasteiger partial charge < -0.3 is 5.32 Å². The number of aryl methyl sites for hydroxylation is 1. The number of halogens is 1. The molecule has 1 aromatic rings. The van der Waals surface area contributed by atoms with Crippen molar-refractivity contribution in [3.63, 3.8) is 0 Å². The second-order valence-electron chi connectivity index (χ2n) is 2.66. The van der Waals surface area contributed by atoms with Gasteiger partial charge in [0.15, 0.2) is 0 Å². The molecule has 2 heterocycles. The highest BCUT2D eigenvalue weighted by atomic mass is 79.9. The molecular weight excluding hydrogens is 228 g/mol. The molecule has 0 amide bonds. The van der Waals surface area contributed by atoms with Crippen molar-refractivity contribution < 1.29 is 0 Å². The van der Waals surface area contributed by atoms with E-state index in [2.05, 4.69) is 32.3 Å². The lowest BCUT2D eigenvalue weighted by Gasteiger charge is -2.16. The summed E-state index contributed by atoms with van der Waals surface area (Å²) in [5.41, 5.74) is 2.38. The van der Waals surface area contributed by atoms with Crippen molar-refractivity contribution in [2.24, 2.45) is 0 Å². The lowest BCUT2D eigenvalue weighted by atomic mass is 10.1. The molecule has 0 fully saturated rings. The fourth-order valence-corrected chi connectivity index (χ4v) is 1.65. The molecule has 1 aromatic heterocycles. The molecule has 2 nitrogen and oxygen atoms in total. The van der Waals surface area contributed by atoms with E-state index in [1.807, 2.05) is 19.9 Å². The van der Waals surface area contributed by atoms with Gasteiger partial charge in [-0.3, -0.25) is 0 Å². The average Bonchev–Trinajstić information content (AvgIpc) is 2.21. The van der Waals surface area contributed by atoms with Crippen LogP contribution >= 0.6 is 15.9 Å². The van der Waals surface area contributed by atoms with E-state index < -0.39 is 0 Å². The van der Waals surface area contributed by atoms with Crippen molar-refractivity contribution in [2.45, 2.75) is 26.7 Å². The summed E-state index contributed by atoms with van der Waals surface area (Å²) >= 11 is 3.35. The van der Waals surface area contributed by atoms with Gasteiger partial charge in [0.25, 0.3) is 0 Å². The summed E-state index contributed by atoms with van der Waals surface area (Å²) in [5.74, 6) is 0. The first-order valence-electron chi connectivity index (χ1n) is 4.75. The zero-order chi connectivity index (χ0) is 9.68. The number of anilines is 1. The topological polar surface area (TPSA) is 24.9 Å². The Morgan fingerprint density at radius 2 is 2.15 bits per heavy atom. The second-order valence-corrected chi connectivity index (χ2v) is 3.47. The van der Waals surface area contributed by atoms with Gasteiger partial charge in [-0.05, 0) is 40.9 Å². The zero-order valence-corrected chi connectivity index (χ0v) is 9.69. The van der Waals surface area contributed by atoms with Gasteiger partial charge in [0, 0.05) is 6.54 Å². The normalized spacial score (nSPS) is 13.5. The van der Waals surface area contributed by atoms with Crippen LogP contribution in [0.5, 0.6) is 0 Å². The highest BCUT2D eigenvalue weighted by molar-refractivity contribution is 9.10. The lowest BCUT2D eigenvalue weighted by Crippen LogP contribution is -2.12. The number of rotatable bonds is 0. The molecule has 0 radical (unpaired) electrons. The van der Waals surface area contributed by atoms with Crippen LogP contribution in [0, 0.1) is 0 Å². The molecule has 1 aliphatic heterocycles. The van der Waals surface area contributed by atoms with Gasteiger partial charge in [0.05, 0.1) is 11.4 Å². The van der Waals surface area contributed by atoms with Crippen LogP contribution in [0.3, 0.4) is 0 Å². The predicted molar refractivity (Wildman–Crippen MR) is 60.1 cm³/mol. The molecule has 1 aliphatic rings. The molecule has 1 N–H and O–H groups in total. The Hall–Kier alpha value is -0.570. The Morgan fingerprint density at radius 3 is 2.92 bits per heavy atom. The Kier molecular flexibility index (Phi) is 4.22. The highest BCUT2D eigenvalue weighted by Crippen LogP contribution is 2.21. The number of fused-ring (bicyclic) bond motifs is 1. The molecule has 0 unspecified atom stereocenters. The fourth-order valence-electron chi connectivity index (χ4n) is 1.31. The van der Waals surface area contributed by atoms with Crippen LogP contribution in [-0.4, -0.2) is 11.5 Å². The van der Waals surface area contributed by atoms with Crippen molar-refractivity contribution >= 4 is 21.6 Å². The van der Waals surface area contributed by atoms with E-state index in [-0.39, 0.29) is 0 Å². The molecule has 0 atom stereocenters. The van der Waals surface area contributed by atoms with E-state index in [0.29, 0.717) is 0 Å². The number of hydrogen-bond donors (Lipinski definition) is 1. The van der Waals surface area contributed by atoms with Gasteiger partial charge >= 0.3 is 0 Å². The first-order valence-corrected chi connectivity index (χ1v) is 5.55. The zero-order valence-electron chi connectivity index (χ0n) is 8.10. The minimum atomic E-state index is 0.931. The summed E-state index contributed by atoms with van der Waals surface area (Å²) in [5, 5.41) is 3.31. The van der Waals surface area contributed by atoms with Gasteiger partial charge in [-0.15, -0.1) is 0 Å². The Balaban J connectivity index is 0.000000396. The summed E-state index contributed by atoms with van der Waals surface area (Å²) < 4.78 is 0.931. The molecule has 0 saturated carbocycles. The maximum atomic E-state index is 4.37. The van der Waals surface area contributed by atoms with Crippen LogP contribution in [-0.2, 0) is 6.42 Å². The van der Waals surface area contributed by atoms with Crippen LogP contribution in [0.2, 0.25) is 0 Å². The van der Waals surface area contributed by atoms with Crippen molar-refractivity contribution in [1.82, 2.24) is 4.98 Å². The molecule has 0 aliphatic carbocycles. The van der Waals surface area contributed by atoms with Crippen molar-refractivity contribution in [3.8, 4) is 0 Å². The number of nitrogens with zero attached hydrogens (tertiary/aromatic N) is 1. The average molecular weight is 243 g/mol. The molecule has 0 aromatic carbocycles. The Morgan fingerprint density at radius 1 is 1.38 bits per heavy atom. The van der Waals surface area contributed by atoms with Crippen LogP contribution in [0.4, 0.5) is 5.69 Å². The molecule has 0 saturated heterocycles.